The highest BCUT2D eigenvalue weighted by Gasteiger charge is 2.21. The fourth-order valence-electron chi connectivity index (χ4n) is 0.825. The number of anilines is 2. The largest absolute Gasteiger partial charge is 0.384 e. The lowest BCUT2D eigenvalue weighted by molar-refractivity contribution is -0.123. The molecule has 1 aromatic heterocycles. The number of carbonyl (C=O) groups excluding carboxylic acids is 1. The van der Waals surface area contributed by atoms with E-state index in [1.165, 1.54) is 0 Å². The number of amides is 1. The van der Waals surface area contributed by atoms with Gasteiger partial charge in [0.15, 0.2) is 0 Å². The summed E-state index contributed by atoms with van der Waals surface area (Å²) in [5.41, 5.74) is 5.06. The molecular formula is C10H15N3O. The predicted molar refractivity (Wildman–Crippen MR) is 56.7 cm³/mol. The van der Waals surface area contributed by atoms with Gasteiger partial charge in [0.1, 0.15) is 11.6 Å². The molecule has 1 rings (SSSR count). The molecule has 0 atom stereocenters. The number of nitrogens with one attached hydrogen (secondary N) is 1. The summed E-state index contributed by atoms with van der Waals surface area (Å²) in [5.74, 6) is 0.817. The Bertz CT molecular complexity index is 341. The minimum atomic E-state index is -0.424. The van der Waals surface area contributed by atoms with Crippen LogP contribution in [0.1, 0.15) is 20.8 Å². The highest BCUT2D eigenvalue weighted by atomic mass is 16.2. The Kier molecular flexibility index (Phi) is 2.74. The molecule has 3 N–H and O–H groups in total. The van der Waals surface area contributed by atoms with Gasteiger partial charge in [0, 0.05) is 5.41 Å². The summed E-state index contributed by atoms with van der Waals surface area (Å²) < 4.78 is 0. The molecule has 0 saturated carbocycles. The summed E-state index contributed by atoms with van der Waals surface area (Å²) in [6.07, 6.45) is 0. The first-order valence-electron chi connectivity index (χ1n) is 4.43. The van der Waals surface area contributed by atoms with Crippen LogP contribution in [-0.4, -0.2) is 10.9 Å². The Morgan fingerprint density at radius 3 is 2.57 bits per heavy atom. The fourth-order valence-corrected chi connectivity index (χ4v) is 0.825. The molecule has 14 heavy (non-hydrogen) atoms. The third-order valence-electron chi connectivity index (χ3n) is 1.69. The van der Waals surface area contributed by atoms with E-state index in [4.69, 9.17) is 5.73 Å². The van der Waals surface area contributed by atoms with Gasteiger partial charge in [-0.05, 0) is 12.1 Å². The maximum Gasteiger partial charge on any atom is 0.230 e. The monoisotopic (exact) mass is 193 g/mol. The molecule has 0 saturated heterocycles. The molecule has 76 valence electrons. The van der Waals surface area contributed by atoms with Crippen LogP contribution in [0.4, 0.5) is 11.6 Å². The lowest BCUT2D eigenvalue weighted by atomic mass is 9.96. The van der Waals surface area contributed by atoms with Gasteiger partial charge in [0.05, 0.1) is 0 Å². The van der Waals surface area contributed by atoms with Crippen molar-refractivity contribution in [1.82, 2.24) is 4.98 Å². The van der Waals surface area contributed by atoms with Crippen LogP contribution in [0.3, 0.4) is 0 Å². The van der Waals surface area contributed by atoms with Crippen molar-refractivity contribution in [3.8, 4) is 0 Å². The zero-order chi connectivity index (χ0) is 10.8. The Labute approximate surface area is 83.5 Å². The third-order valence-corrected chi connectivity index (χ3v) is 1.69. The van der Waals surface area contributed by atoms with Crippen LogP contribution in [0.5, 0.6) is 0 Å². The number of aromatic nitrogens is 1. The molecule has 0 aliphatic rings. The molecule has 0 aromatic carbocycles. The van der Waals surface area contributed by atoms with Gasteiger partial charge in [-0.15, -0.1) is 0 Å². The number of pyridine rings is 1. The van der Waals surface area contributed by atoms with Crippen molar-refractivity contribution < 1.29 is 4.79 Å². The fraction of sp³-hybridized carbons (Fsp3) is 0.400. The molecule has 0 fully saturated rings. The Morgan fingerprint density at radius 2 is 2.07 bits per heavy atom. The first-order valence-corrected chi connectivity index (χ1v) is 4.43. The molecule has 0 aliphatic heterocycles. The second-order valence-corrected chi connectivity index (χ2v) is 4.15. The summed E-state index contributed by atoms with van der Waals surface area (Å²) in [6.45, 7) is 5.53. The molecule has 0 bridgehead atoms. The van der Waals surface area contributed by atoms with Gasteiger partial charge in [0.25, 0.3) is 0 Å². The number of carbonyl (C=O) groups is 1. The number of hydrogen-bond donors (Lipinski definition) is 2. The van der Waals surface area contributed by atoms with Gasteiger partial charge in [-0.3, -0.25) is 4.79 Å². The molecule has 1 heterocycles. The van der Waals surface area contributed by atoms with E-state index in [1.54, 1.807) is 18.2 Å². The molecule has 0 spiro atoms. The average Bonchev–Trinajstić information content (AvgIpc) is 2.02. The van der Waals surface area contributed by atoms with Crippen LogP contribution in [0, 0.1) is 5.41 Å². The van der Waals surface area contributed by atoms with Crippen molar-refractivity contribution in [2.75, 3.05) is 11.1 Å². The average molecular weight is 193 g/mol. The van der Waals surface area contributed by atoms with Gasteiger partial charge in [-0.25, -0.2) is 4.98 Å². The predicted octanol–water partition coefficient (Wildman–Crippen LogP) is 1.65. The molecule has 4 nitrogen and oxygen atoms in total. The summed E-state index contributed by atoms with van der Waals surface area (Å²) >= 11 is 0. The van der Waals surface area contributed by atoms with Crippen LogP contribution in [0.2, 0.25) is 0 Å². The van der Waals surface area contributed by atoms with Crippen molar-refractivity contribution in [3.63, 3.8) is 0 Å². The van der Waals surface area contributed by atoms with Crippen molar-refractivity contribution in [3.05, 3.63) is 18.2 Å². The van der Waals surface area contributed by atoms with Crippen molar-refractivity contribution in [2.24, 2.45) is 5.41 Å². The summed E-state index contributed by atoms with van der Waals surface area (Å²) in [5, 5.41) is 2.69. The van der Waals surface area contributed by atoms with Crippen molar-refractivity contribution in [2.45, 2.75) is 20.8 Å². The standard InChI is InChI=1S/C10H15N3O/c1-10(2,3)9(14)13-8-6-4-5-7(11)12-8/h4-6H,1-3H3,(H3,11,12,13,14). The number of rotatable bonds is 1. The van der Waals surface area contributed by atoms with Crippen LogP contribution in [0.25, 0.3) is 0 Å². The second kappa shape index (κ2) is 3.65. The Balaban J connectivity index is 2.75. The molecule has 0 radical (unpaired) electrons. The van der Waals surface area contributed by atoms with Gasteiger partial charge in [-0.2, -0.15) is 0 Å². The third kappa shape index (κ3) is 2.73. The van der Waals surface area contributed by atoms with E-state index in [2.05, 4.69) is 10.3 Å². The first kappa shape index (κ1) is 10.5. The Morgan fingerprint density at radius 1 is 1.43 bits per heavy atom. The van der Waals surface area contributed by atoms with Crippen LogP contribution >= 0.6 is 0 Å². The first-order chi connectivity index (χ1) is 6.39. The quantitative estimate of drug-likeness (QED) is 0.712. The van der Waals surface area contributed by atoms with Gasteiger partial charge >= 0.3 is 0 Å². The van der Waals surface area contributed by atoms with E-state index in [0.29, 0.717) is 11.6 Å². The summed E-state index contributed by atoms with van der Waals surface area (Å²) in [7, 11) is 0. The van der Waals surface area contributed by atoms with E-state index in [1.807, 2.05) is 20.8 Å². The molecule has 0 unspecified atom stereocenters. The van der Waals surface area contributed by atoms with E-state index < -0.39 is 5.41 Å². The summed E-state index contributed by atoms with van der Waals surface area (Å²) in [6, 6.07) is 5.13. The molecule has 1 aromatic rings. The van der Waals surface area contributed by atoms with E-state index >= 15 is 0 Å². The maximum absolute atomic E-state index is 11.6. The molecule has 1 amide bonds. The van der Waals surface area contributed by atoms with E-state index in [9.17, 15) is 4.79 Å². The second-order valence-electron chi connectivity index (χ2n) is 4.15. The maximum atomic E-state index is 11.6. The highest BCUT2D eigenvalue weighted by molar-refractivity contribution is 5.93. The van der Waals surface area contributed by atoms with Crippen LogP contribution in [0.15, 0.2) is 18.2 Å². The van der Waals surface area contributed by atoms with Crippen LogP contribution in [-0.2, 0) is 4.79 Å². The highest BCUT2D eigenvalue weighted by Crippen LogP contribution is 2.16. The number of nitrogens with two attached hydrogens (primary N) is 1. The number of nitrogen functional groups attached to an aromatic ring is 1. The molecule has 0 aliphatic carbocycles. The smallest absolute Gasteiger partial charge is 0.230 e. The zero-order valence-corrected chi connectivity index (χ0v) is 8.66. The van der Waals surface area contributed by atoms with E-state index in [-0.39, 0.29) is 5.91 Å². The van der Waals surface area contributed by atoms with Crippen LogP contribution < -0.4 is 11.1 Å². The van der Waals surface area contributed by atoms with Gasteiger partial charge < -0.3 is 11.1 Å². The van der Waals surface area contributed by atoms with Gasteiger partial charge in [-0.1, -0.05) is 26.8 Å². The number of nitrogens with zero attached hydrogens (tertiary/aromatic N) is 1. The summed E-state index contributed by atoms with van der Waals surface area (Å²) in [4.78, 5) is 15.5. The van der Waals surface area contributed by atoms with E-state index in [0.717, 1.165) is 0 Å². The number of hydrogen-bond acceptors (Lipinski definition) is 3. The van der Waals surface area contributed by atoms with Gasteiger partial charge in [0.2, 0.25) is 5.91 Å². The Hall–Kier alpha value is -1.58. The molecule has 4 heteroatoms. The van der Waals surface area contributed by atoms with Crippen molar-refractivity contribution >= 4 is 17.5 Å². The minimum absolute atomic E-state index is 0.0735. The normalized spacial score (nSPS) is 11.1. The van der Waals surface area contributed by atoms with Crippen molar-refractivity contribution in [1.29, 1.82) is 0 Å². The lowest BCUT2D eigenvalue weighted by Crippen LogP contribution is -2.28. The zero-order valence-electron chi connectivity index (χ0n) is 8.66. The lowest BCUT2D eigenvalue weighted by Gasteiger charge is -2.17. The SMILES string of the molecule is CC(C)(C)C(=O)Nc1cccc(N)n1. The molecular weight excluding hydrogens is 178 g/mol. The topological polar surface area (TPSA) is 68.0 Å². The minimum Gasteiger partial charge on any atom is -0.384 e.